The van der Waals surface area contributed by atoms with E-state index < -0.39 is 6.10 Å². The number of benzene rings is 1. The van der Waals surface area contributed by atoms with Gasteiger partial charge >= 0.3 is 0 Å². The van der Waals surface area contributed by atoms with Gasteiger partial charge in [0.1, 0.15) is 13.2 Å². The third-order valence-corrected chi connectivity index (χ3v) is 3.35. The Morgan fingerprint density at radius 3 is 2.86 bits per heavy atom. The number of nitrogens with one attached hydrogen (secondary N) is 1. The molecule has 118 valence electrons. The molecule has 2 N–H and O–H groups in total. The number of unbranched alkanes of at least 4 members (excludes halogenated alkanes) is 1. The minimum Gasteiger partial charge on any atom is -0.486 e. The molecule has 0 bridgehead atoms. The van der Waals surface area contributed by atoms with E-state index in [0.717, 1.165) is 37.3 Å². The van der Waals surface area contributed by atoms with Gasteiger partial charge in [0.2, 0.25) is 0 Å². The summed E-state index contributed by atoms with van der Waals surface area (Å²) in [6.45, 7) is 6.00. The first kappa shape index (κ1) is 16.1. The lowest BCUT2D eigenvalue weighted by atomic mass is 10.1. The van der Waals surface area contributed by atoms with Crippen LogP contribution in [0.3, 0.4) is 0 Å². The van der Waals surface area contributed by atoms with Crippen LogP contribution in [0.1, 0.15) is 31.4 Å². The van der Waals surface area contributed by atoms with Gasteiger partial charge in [-0.2, -0.15) is 0 Å². The molecule has 1 aromatic rings. The molecule has 2 rings (SSSR count). The van der Waals surface area contributed by atoms with E-state index in [2.05, 4.69) is 12.2 Å². The van der Waals surface area contributed by atoms with Crippen molar-refractivity contribution in [3.05, 3.63) is 23.8 Å². The number of hydrogen-bond donors (Lipinski definition) is 2. The molecule has 0 saturated heterocycles. The van der Waals surface area contributed by atoms with Crippen LogP contribution in [0, 0.1) is 0 Å². The molecule has 0 aromatic heterocycles. The second kappa shape index (κ2) is 8.87. The van der Waals surface area contributed by atoms with Crippen LogP contribution in [0.25, 0.3) is 0 Å². The predicted octanol–water partition coefficient (Wildman–Crippen LogP) is 1.90. The van der Waals surface area contributed by atoms with Crippen molar-refractivity contribution in [3.63, 3.8) is 0 Å². The Morgan fingerprint density at radius 1 is 1.24 bits per heavy atom. The Bertz CT molecular complexity index is 425. The van der Waals surface area contributed by atoms with Crippen molar-refractivity contribution in [2.75, 3.05) is 39.5 Å². The number of aliphatic hydroxyl groups excluding tert-OH is 1. The number of fused-ring (bicyclic) bond motifs is 1. The van der Waals surface area contributed by atoms with E-state index in [1.165, 1.54) is 0 Å². The van der Waals surface area contributed by atoms with Crippen molar-refractivity contribution in [1.82, 2.24) is 5.32 Å². The average molecular weight is 295 g/mol. The molecule has 5 heteroatoms. The van der Waals surface area contributed by atoms with Gasteiger partial charge in [0.15, 0.2) is 11.5 Å². The Hall–Kier alpha value is -1.30. The summed E-state index contributed by atoms with van der Waals surface area (Å²) < 4.78 is 16.4. The van der Waals surface area contributed by atoms with Crippen molar-refractivity contribution >= 4 is 0 Å². The van der Waals surface area contributed by atoms with Crippen LogP contribution in [0.5, 0.6) is 11.5 Å². The molecule has 1 heterocycles. The molecule has 21 heavy (non-hydrogen) atoms. The Balaban J connectivity index is 1.69. The maximum Gasteiger partial charge on any atom is 0.161 e. The highest BCUT2D eigenvalue weighted by Gasteiger charge is 2.15. The maximum atomic E-state index is 10.2. The molecule has 1 aliphatic rings. The number of rotatable bonds is 9. The van der Waals surface area contributed by atoms with Gasteiger partial charge in [0.25, 0.3) is 0 Å². The Kier molecular flexibility index (Phi) is 6.79. The fraction of sp³-hybridized carbons (Fsp3) is 0.625. The fourth-order valence-corrected chi connectivity index (χ4v) is 2.12. The lowest BCUT2D eigenvalue weighted by molar-refractivity contribution is 0.125. The average Bonchev–Trinajstić information content (AvgIpc) is 2.53. The minimum atomic E-state index is -0.559. The SMILES string of the molecule is CCCCOCCNCC(O)c1ccc2c(c1)OCCO2. The maximum absolute atomic E-state index is 10.2. The van der Waals surface area contributed by atoms with E-state index in [1.54, 1.807) is 0 Å². The summed E-state index contributed by atoms with van der Waals surface area (Å²) in [6, 6.07) is 5.57. The zero-order valence-corrected chi connectivity index (χ0v) is 12.6. The van der Waals surface area contributed by atoms with Crippen molar-refractivity contribution < 1.29 is 19.3 Å². The quantitative estimate of drug-likeness (QED) is 0.681. The molecule has 0 saturated carbocycles. The van der Waals surface area contributed by atoms with Gasteiger partial charge in [-0.05, 0) is 24.1 Å². The van der Waals surface area contributed by atoms with Crippen LogP contribution in [0.2, 0.25) is 0 Å². The topological polar surface area (TPSA) is 60.0 Å². The summed E-state index contributed by atoms with van der Waals surface area (Å²) in [6.07, 6.45) is 1.69. The van der Waals surface area contributed by atoms with Gasteiger partial charge in [-0.25, -0.2) is 0 Å². The van der Waals surface area contributed by atoms with Gasteiger partial charge in [-0.3, -0.25) is 0 Å². The normalized spacial score (nSPS) is 15.0. The molecule has 0 radical (unpaired) electrons. The second-order valence-corrected chi connectivity index (χ2v) is 5.09. The van der Waals surface area contributed by atoms with Gasteiger partial charge in [0.05, 0.1) is 12.7 Å². The lowest BCUT2D eigenvalue weighted by Crippen LogP contribution is -2.25. The minimum absolute atomic E-state index is 0.497. The first-order valence-electron chi connectivity index (χ1n) is 7.67. The third kappa shape index (κ3) is 5.19. The highest BCUT2D eigenvalue weighted by atomic mass is 16.6. The van der Waals surface area contributed by atoms with E-state index in [4.69, 9.17) is 14.2 Å². The van der Waals surface area contributed by atoms with E-state index in [0.29, 0.717) is 32.1 Å². The Labute approximate surface area is 126 Å². The van der Waals surface area contributed by atoms with Crippen LogP contribution in [-0.4, -0.2) is 44.6 Å². The molecule has 1 atom stereocenters. The number of hydrogen-bond acceptors (Lipinski definition) is 5. The lowest BCUT2D eigenvalue weighted by Gasteiger charge is -2.20. The van der Waals surface area contributed by atoms with Crippen LogP contribution in [0.4, 0.5) is 0 Å². The summed E-state index contributed by atoms with van der Waals surface area (Å²) in [5.41, 5.74) is 0.832. The smallest absolute Gasteiger partial charge is 0.161 e. The first-order valence-corrected chi connectivity index (χ1v) is 7.67. The predicted molar refractivity (Wildman–Crippen MR) is 81.0 cm³/mol. The van der Waals surface area contributed by atoms with Crippen molar-refractivity contribution in [2.45, 2.75) is 25.9 Å². The van der Waals surface area contributed by atoms with Crippen LogP contribution in [-0.2, 0) is 4.74 Å². The van der Waals surface area contributed by atoms with E-state index in [1.807, 2.05) is 18.2 Å². The van der Waals surface area contributed by atoms with Crippen LogP contribution < -0.4 is 14.8 Å². The monoisotopic (exact) mass is 295 g/mol. The van der Waals surface area contributed by atoms with Gasteiger partial charge < -0.3 is 24.6 Å². The summed E-state index contributed by atoms with van der Waals surface area (Å²) in [7, 11) is 0. The summed E-state index contributed by atoms with van der Waals surface area (Å²) in [4.78, 5) is 0. The molecule has 1 aromatic carbocycles. The zero-order valence-electron chi connectivity index (χ0n) is 12.6. The van der Waals surface area contributed by atoms with Gasteiger partial charge in [-0.15, -0.1) is 0 Å². The Morgan fingerprint density at radius 2 is 2.05 bits per heavy atom. The summed E-state index contributed by atoms with van der Waals surface area (Å²) in [5.74, 6) is 1.45. The standard InChI is InChI=1S/C16H25NO4/c1-2-3-7-19-8-6-17-12-14(18)13-4-5-15-16(11-13)21-10-9-20-15/h4-5,11,14,17-18H,2-3,6-10,12H2,1H3. The molecule has 1 aliphatic heterocycles. The molecule has 1 unspecified atom stereocenters. The fourth-order valence-electron chi connectivity index (χ4n) is 2.12. The van der Waals surface area contributed by atoms with E-state index in [-0.39, 0.29) is 0 Å². The molecule has 0 amide bonds. The highest BCUT2D eigenvalue weighted by Crippen LogP contribution is 2.32. The number of ether oxygens (including phenoxy) is 3. The molecule has 0 aliphatic carbocycles. The van der Waals surface area contributed by atoms with Crippen LogP contribution in [0.15, 0.2) is 18.2 Å². The van der Waals surface area contributed by atoms with Crippen molar-refractivity contribution in [1.29, 1.82) is 0 Å². The van der Waals surface area contributed by atoms with Gasteiger partial charge in [-0.1, -0.05) is 19.4 Å². The van der Waals surface area contributed by atoms with Crippen molar-refractivity contribution in [3.8, 4) is 11.5 Å². The van der Waals surface area contributed by atoms with Gasteiger partial charge in [0, 0.05) is 19.7 Å². The van der Waals surface area contributed by atoms with E-state index in [9.17, 15) is 5.11 Å². The molecule has 0 spiro atoms. The summed E-state index contributed by atoms with van der Waals surface area (Å²) >= 11 is 0. The van der Waals surface area contributed by atoms with Crippen molar-refractivity contribution in [2.24, 2.45) is 0 Å². The first-order chi connectivity index (χ1) is 10.3. The molecular formula is C16H25NO4. The van der Waals surface area contributed by atoms with E-state index >= 15 is 0 Å². The highest BCUT2D eigenvalue weighted by molar-refractivity contribution is 5.44. The molecular weight excluding hydrogens is 270 g/mol. The molecule has 5 nitrogen and oxygen atoms in total. The summed E-state index contributed by atoms with van der Waals surface area (Å²) in [5, 5.41) is 13.4. The molecule has 0 fully saturated rings. The zero-order chi connectivity index (χ0) is 14.9. The largest absolute Gasteiger partial charge is 0.486 e. The second-order valence-electron chi connectivity index (χ2n) is 5.09. The number of aliphatic hydroxyl groups is 1. The van der Waals surface area contributed by atoms with Crippen LogP contribution >= 0.6 is 0 Å². The third-order valence-electron chi connectivity index (χ3n) is 3.35.